The summed E-state index contributed by atoms with van der Waals surface area (Å²) in [6, 6.07) is 9.96. The second-order valence-electron chi connectivity index (χ2n) is 9.14. The van der Waals surface area contributed by atoms with Crippen molar-refractivity contribution in [1.82, 2.24) is 24.6 Å². The van der Waals surface area contributed by atoms with Crippen LogP contribution in [0.3, 0.4) is 0 Å². The molecule has 0 spiro atoms. The van der Waals surface area contributed by atoms with Crippen molar-refractivity contribution in [3.8, 4) is 0 Å². The van der Waals surface area contributed by atoms with Crippen molar-refractivity contribution in [3.63, 3.8) is 0 Å². The number of halogens is 1. The Morgan fingerprint density at radius 3 is 2.77 bits per heavy atom. The molecule has 0 unspecified atom stereocenters. The molecule has 1 aliphatic heterocycles. The average Bonchev–Trinajstić information content (AvgIpc) is 3.37. The summed E-state index contributed by atoms with van der Waals surface area (Å²) in [5, 5.41) is 9.19. The number of nitrogens with one attached hydrogen (secondary N) is 1. The van der Waals surface area contributed by atoms with E-state index >= 15 is 0 Å². The fraction of sp³-hybridized carbons (Fsp3) is 0.346. The van der Waals surface area contributed by atoms with Crippen LogP contribution in [0.5, 0.6) is 0 Å². The lowest BCUT2D eigenvalue weighted by atomic mass is 9.99. The summed E-state index contributed by atoms with van der Waals surface area (Å²) in [5.41, 5.74) is 3.74. The molecule has 2 aromatic carbocycles. The van der Waals surface area contributed by atoms with Crippen molar-refractivity contribution >= 4 is 33.6 Å². The number of rotatable bonds is 7. The van der Waals surface area contributed by atoms with Gasteiger partial charge in [-0.1, -0.05) is 0 Å². The molecule has 9 heteroatoms. The van der Waals surface area contributed by atoms with Gasteiger partial charge in [-0.25, -0.2) is 4.39 Å². The number of carbonyl (C=O) groups is 2. The molecule has 2 aromatic heterocycles. The van der Waals surface area contributed by atoms with E-state index in [-0.39, 0.29) is 23.5 Å². The van der Waals surface area contributed by atoms with Gasteiger partial charge in [-0.2, -0.15) is 5.10 Å². The Hall–Kier alpha value is -3.72. The van der Waals surface area contributed by atoms with E-state index in [1.165, 1.54) is 12.1 Å². The first kappa shape index (κ1) is 23.0. The summed E-state index contributed by atoms with van der Waals surface area (Å²) in [4.78, 5) is 27.3. The molecule has 4 aromatic rings. The number of likely N-dealkylation sites (tertiary alicyclic amines) is 1. The third-order valence-electron chi connectivity index (χ3n) is 6.76. The van der Waals surface area contributed by atoms with Crippen LogP contribution in [-0.4, -0.2) is 64.4 Å². The van der Waals surface area contributed by atoms with Crippen LogP contribution in [-0.2, 0) is 18.3 Å². The number of hydrogen-bond acceptors (Lipinski definition) is 4. The summed E-state index contributed by atoms with van der Waals surface area (Å²) in [5.74, 6) is -0.200. The smallest absolute Gasteiger partial charge is 0.270 e. The molecule has 0 aliphatic carbocycles. The van der Waals surface area contributed by atoms with Crippen LogP contribution in [0.1, 0.15) is 26.4 Å². The standard InChI is InChI=1S/C26H28FN5O3/c1-16-20(25(33)28-8-9-35-3)5-6-22-21(16)15-32(29-22)14-17-12-31(13-17)26(34)24-11-18-10-19(27)4-7-23(18)30(24)2/h4-7,10-11,15,17H,8-9,12-14H2,1-3H3,(H,28,33). The molecule has 2 amide bonds. The highest BCUT2D eigenvalue weighted by Gasteiger charge is 2.33. The number of benzene rings is 2. The van der Waals surface area contributed by atoms with Crippen molar-refractivity contribution in [3.05, 3.63) is 65.2 Å². The highest BCUT2D eigenvalue weighted by Crippen LogP contribution is 2.26. The first-order chi connectivity index (χ1) is 16.9. The summed E-state index contributed by atoms with van der Waals surface area (Å²) in [7, 11) is 3.43. The van der Waals surface area contributed by atoms with Crippen LogP contribution in [0.15, 0.2) is 42.6 Å². The van der Waals surface area contributed by atoms with Crippen molar-refractivity contribution in [2.24, 2.45) is 13.0 Å². The van der Waals surface area contributed by atoms with E-state index in [2.05, 4.69) is 10.4 Å². The second-order valence-corrected chi connectivity index (χ2v) is 9.14. The van der Waals surface area contributed by atoms with E-state index in [1.807, 2.05) is 40.4 Å². The van der Waals surface area contributed by atoms with Crippen LogP contribution < -0.4 is 5.32 Å². The summed E-state index contributed by atoms with van der Waals surface area (Å²) >= 11 is 0. The molecule has 5 rings (SSSR count). The van der Waals surface area contributed by atoms with Crippen LogP contribution in [0.2, 0.25) is 0 Å². The maximum atomic E-state index is 13.6. The Balaban J connectivity index is 1.24. The number of hydrogen-bond donors (Lipinski definition) is 1. The number of carbonyl (C=O) groups excluding carboxylic acids is 2. The Morgan fingerprint density at radius 2 is 2.00 bits per heavy atom. The molecule has 1 saturated heterocycles. The lowest BCUT2D eigenvalue weighted by Gasteiger charge is -2.39. The van der Waals surface area contributed by atoms with Gasteiger partial charge >= 0.3 is 0 Å². The first-order valence-corrected chi connectivity index (χ1v) is 11.6. The number of aromatic nitrogens is 3. The molecular weight excluding hydrogens is 449 g/mol. The Morgan fingerprint density at radius 1 is 1.20 bits per heavy atom. The van der Waals surface area contributed by atoms with Crippen molar-refractivity contribution < 1.29 is 18.7 Å². The second kappa shape index (κ2) is 9.14. The van der Waals surface area contributed by atoms with Gasteiger partial charge < -0.3 is 19.5 Å². The highest BCUT2D eigenvalue weighted by molar-refractivity contribution is 6.01. The minimum absolute atomic E-state index is 0.0500. The minimum atomic E-state index is -0.313. The molecule has 0 bridgehead atoms. The van der Waals surface area contributed by atoms with E-state index < -0.39 is 0 Å². The third-order valence-corrected chi connectivity index (χ3v) is 6.76. The minimum Gasteiger partial charge on any atom is -0.383 e. The maximum absolute atomic E-state index is 13.6. The summed E-state index contributed by atoms with van der Waals surface area (Å²) < 4.78 is 22.3. The quantitative estimate of drug-likeness (QED) is 0.415. The number of methoxy groups -OCH3 is 1. The van der Waals surface area contributed by atoms with E-state index in [1.54, 1.807) is 25.3 Å². The Bertz CT molecular complexity index is 1430. The van der Waals surface area contributed by atoms with Gasteiger partial charge in [-0.05, 0) is 48.9 Å². The SMILES string of the molecule is COCCNC(=O)c1ccc2nn(CC3CN(C(=O)c4cc5cc(F)ccc5n4C)C3)cc2c1C. The molecule has 0 saturated carbocycles. The van der Waals surface area contributed by atoms with Gasteiger partial charge in [0.05, 0.1) is 12.1 Å². The van der Waals surface area contributed by atoms with E-state index in [9.17, 15) is 14.0 Å². The zero-order valence-electron chi connectivity index (χ0n) is 20.0. The topological polar surface area (TPSA) is 81.4 Å². The van der Waals surface area contributed by atoms with Crippen molar-refractivity contribution in [1.29, 1.82) is 0 Å². The predicted molar refractivity (Wildman–Crippen MR) is 131 cm³/mol. The number of amides is 2. The van der Waals surface area contributed by atoms with Gasteiger partial charge in [0.25, 0.3) is 11.8 Å². The molecule has 1 N–H and O–H groups in total. The van der Waals surface area contributed by atoms with Gasteiger partial charge in [0.1, 0.15) is 11.5 Å². The zero-order valence-corrected chi connectivity index (χ0v) is 20.0. The van der Waals surface area contributed by atoms with Gasteiger partial charge in [-0.15, -0.1) is 0 Å². The molecular formula is C26H28FN5O3. The molecule has 1 aliphatic rings. The molecule has 8 nitrogen and oxygen atoms in total. The van der Waals surface area contributed by atoms with Crippen LogP contribution in [0.4, 0.5) is 4.39 Å². The molecule has 3 heterocycles. The average molecular weight is 478 g/mol. The first-order valence-electron chi connectivity index (χ1n) is 11.6. The number of fused-ring (bicyclic) bond motifs is 2. The molecule has 182 valence electrons. The molecule has 0 radical (unpaired) electrons. The van der Waals surface area contributed by atoms with Gasteiger partial charge in [0.15, 0.2) is 0 Å². The van der Waals surface area contributed by atoms with E-state index in [0.29, 0.717) is 44.0 Å². The molecule has 0 atom stereocenters. The lowest BCUT2D eigenvalue weighted by Crippen LogP contribution is -2.51. The van der Waals surface area contributed by atoms with Gasteiger partial charge in [0.2, 0.25) is 0 Å². The lowest BCUT2D eigenvalue weighted by molar-refractivity contribution is 0.0452. The van der Waals surface area contributed by atoms with Crippen LogP contribution in [0, 0.1) is 18.7 Å². The van der Waals surface area contributed by atoms with Crippen LogP contribution >= 0.6 is 0 Å². The predicted octanol–water partition coefficient (Wildman–Crippen LogP) is 3.12. The number of ether oxygens (including phenoxy) is 1. The highest BCUT2D eigenvalue weighted by atomic mass is 19.1. The molecule has 35 heavy (non-hydrogen) atoms. The van der Waals surface area contributed by atoms with E-state index in [0.717, 1.165) is 27.4 Å². The van der Waals surface area contributed by atoms with Crippen LogP contribution in [0.25, 0.3) is 21.8 Å². The number of aryl methyl sites for hydroxylation is 2. The monoisotopic (exact) mass is 477 g/mol. The fourth-order valence-corrected chi connectivity index (χ4v) is 4.79. The Kier molecular flexibility index (Phi) is 6.02. The van der Waals surface area contributed by atoms with Crippen molar-refractivity contribution in [2.75, 3.05) is 33.4 Å². The largest absolute Gasteiger partial charge is 0.383 e. The third kappa shape index (κ3) is 4.27. The van der Waals surface area contributed by atoms with Gasteiger partial charge in [-0.3, -0.25) is 14.3 Å². The van der Waals surface area contributed by atoms with E-state index in [4.69, 9.17) is 4.74 Å². The number of nitrogens with zero attached hydrogens (tertiary/aromatic N) is 4. The summed E-state index contributed by atoms with van der Waals surface area (Å²) in [6.45, 7) is 4.81. The summed E-state index contributed by atoms with van der Waals surface area (Å²) in [6.07, 6.45) is 1.97. The Labute approximate surface area is 202 Å². The van der Waals surface area contributed by atoms with Crippen molar-refractivity contribution in [2.45, 2.75) is 13.5 Å². The molecule has 1 fully saturated rings. The fourth-order valence-electron chi connectivity index (χ4n) is 4.79. The normalized spacial score (nSPS) is 14.0. The van der Waals surface area contributed by atoms with Gasteiger partial charge in [0, 0.05) is 74.3 Å². The zero-order chi connectivity index (χ0) is 24.7. The maximum Gasteiger partial charge on any atom is 0.270 e.